The third-order valence-corrected chi connectivity index (χ3v) is 4.93. The number of methoxy groups -OCH3 is 2. The SMILES string of the molecule is COc1cc(OC)cc(C(=O)N(Cc2cccn2Cc2ccccc2)C(C)C)c1. The topological polar surface area (TPSA) is 43.7 Å². The van der Waals surface area contributed by atoms with Crippen molar-refractivity contribution in [3.63, 3.8) is 0 Å². The first-order valence-corrected chi connectivity index (χ1v) is 9.73. The Morgan fingerprint density at radius 1 is 0.966 bits per heavy atom. The Hall–Kier alpha value is -3.21. The molecule has 0 saturated carbocycles. The maximum Gasteiger partial charge on any atom is 0.254 e. The normalized spacial score (nSPS) is 10.8. The minimum atomic E-state index is -0.0512. The zero-order valence-electron chi connectivity index (χ0n) is 17.5. The maximum absolute atomic E-state index is 13.3. The molecule has 29 heavy (non-hydrogen) atoms. The summed E-state index contributed by atoms with van der Waals surface area (Å²) in [5.41, 5.74) is 2.87. The fourth-order valence-electron chi connectivity index (χ4n) is 3.29. The van der Waals surface area contributed by atoms with Gasteiger partial charge in [-0.1, -0.05) is 30.3 Å². The van der Waals surface area contributed by atoms with Gasteiger partial charge in [0.2, 0.25) is 0 Å². The number of carbonyl (C=O) groups is 1. The van der Waals surface area contributed by atoms with E-state index < -0.39 is 0 Å². The Kier molecular flexibility index (Phi) is 6.60. The molecular formula is C24H28N2O3. The minimum Gasteiger partial charge on any atom is -0.497 e. The maximum atomic E-state index is 13.3. The van der Waals surface area contributed by atoms with Gasteiger partial charge in [-0.15, -0.1) is 0 Å². The lowest BCUT2D eigenvalue weighted by molar-refractivity contribution is 0.0685. The number of ether oxygens (including phenoxy) is 2. The first kappa shape index (κ1) is 20.5. The number of hydrogen-bond acceptors (Lipinski definition) is 3. The molecule has 0 aliphatic rings. The van der Waals surface area contributed by atoms with Crippen LogP contribution in [0.5, 0.6) is 11.5 Å². The van der Waals surface area contributed by atoms with Crippen molar-refractivity contribution in [1.82, 2.24) is 9.47 Å². The molecule has 2 aromatic carbocycles. The molecule has 1 aromatic heterocycles. The smallest absolute Gasteiger partial charge is 0.254 e. The molecule has 5 heteroatoms. The van der Waals surface area contributed by atoms with E-state index in [0.29, 0.717) is 23.6 Å². The molecule has 0 N–H and O–H groups in total. The average Bonchev–Trinajstić information content (AvgIpc) is 3.18. The zero-order chi connectivity index (χ0) is 20.8. The molecule has 1 amide bonds. The standard InChI is InChI=1S/C24H28N2O3/c1-18(2)26(24(27)20-13-22(28-3)15-23(14-20)29-4)17-21-11-8-12-25(21)16-19-9-6-5-7-10-19/h5-15,18H,16-17H2,1-4H3. The summed E-state index contributed by atoms with van der Waals surface area (Å²) in [7, 11) is 3.17. The molecule has 3 rings (SSSR count). The van der Waals surface area contributed by atoms with E-state index in [-0.39, 0.29) is 11.9 Å². The monoisotopic (exact) mass is 392 g/mol. The molecule has 0 spiro atoms. The van der Waals surface area contributed by atoms with Gasteiger partial charge in [-0.25, -0.2) is 0 Å². The molecule has 0 bridgehead atoms. The molecule has 0 aliphatic carbocycles. The van der Waals surface area contributed by atoms with Crippen molar-refractivity contribution >= 4 is 5.91 Å². The first-order chi connectivity index (χ1) is 14.0. The van der Waals surface area contributed by atoms with Gasteiger partial charge >= 0.3 is 0 Å². The van der Waals surface area contributed by atoms with Crippen LogP contribution in [0.3, 0.4) is 0 Å². The molecule has 0 aliphatic heterocycles. The molecule has 3 aromatic rings. The highest BCUT2D eigenvalue weighted by atomic mass is 16.5. The lowest BCUT2D eigenvalue weighted by Gasteiger charge is -2.28. The lowest BCUT2D eigenvalue weighted by atomic mass is 10.1. The summed E-state index contributed by atoms with van der Waals surface area (Å²) in [4.78, 5) is 15.2. The van der Waals surface area contributed by atoms with Crippen molar-refractivity contribution in [3.05, 3.63) is 83.7 Å². The summed E-state index contributed by atoms with van der Waals surface area (Å²) in [5.74, 6) is 1.15. The Labute approximate surface area is 172 Å². The van der Waals surface area contributed by atoms with Crippen molar-refractivity contribution in [2.75, 3.05) is 14.2 Å². The van der Waals surface area contributed by atoms with E-state index in [0.717, 1.165) is 12.2 Å². The van der Waals surface area contributed by atoms with Crippen LogP contribution < -0.4 is 9.47 Å². The van der Waals surface area contributed by atoms with E-state index in [9.17, 15) is 4.79 Å². The highest BCUT2D eigenvalue weighted by Crippen LogP contribution is 2.25. The van der Waals surface area contributed by atoms with Gasteiger partial charge in [0.25, 0.3) is 5.91 Å². The van der Waals surface area contributed by atoms with Crippen molar-refractivity contribution in [2.24, 2.45) is 0 Å². The van der Waals surface area contributed by atoms with E-state index in [4.69, 9.17) is 9.47 Å². The van der Waals surface area contributed by atoms with E-state index in [1.807, 2.05) is 43.0 Å². The summed E-state index contributed by atoms with van der Waals surface area (Å²) < 4.78 is 12.8. The largest absolute Gasteiger partial charge is 0.497 e. The van der Waals surface area contributed by atoms with Gasteiger partial charge in [-0.3, -0.25) is 4.79 Å². The highest BCUT2D eigenvalue weighted by Gasteiger charge is 2.22. The van der Waals surface area contributed by atoms with E-state index >= 15 is 0 Å². The highest BCUT2D eigenvalue weighted by molar-refractivity contribution is 5.95. The Bertz CT molecular complexity index is 926. The van der Waals surface area contributed by atoms with Crippen LogP contribution in [0.4, 0.5) is 0 Å². The van der Waals surface area contributed by atoms with Crippen LogP contribution in [-0.4, -0.2) is 35.6 Å². The number of hydrogen-bond donors (Lipinski definition) is 0. The van der Waals surface area contributed by atoms with Crippen LogP contribution in [0, 0.1) is 0 Å². The molecule has 0 saturated heterocycles. The van der Waals surface area contributed by atoms with Gasteiger partial charge < -0.3 is 18.9 Å². The van der Waals surface area contributed by atoms with E-state index in [1.165, 1.54) is 5.56 Å². The van der Waals surface area contributed by atoms with Gasteiger partial charge in [-0.2, -0.15) is 0 Å². The molecule has 1 heterocycles. The van der Waals surface area contributed by atoms with Crippen molar-refractivity contribution in [2.45, 2.75) is 33.0 Å². The van der Waals surface area contributed by atoms with Crippen LogP contribution >= 0.6 is 0 Å². The second kappa shape index (κ2) is 9.32. The van der Waals surface area contributed by atoms with Gasteiger partial charge in [0, 0.05) is 36.1 Å². The van der Waals surface area contributed by atoms with Gasteiger partial charge in [0.05, 0.1) is 20.8 Å². The van der Waals surface area contributed by atoms with E-state index in [2.05, 4.69) is 29.0 Å². The number of benzene rings is 2. The lowest BCUT2D eigenvalue weighted by Crippen LogP contribution is -2.37. The second-order valence-electron chi connectivity index (χ2n) is 7.24. The Morgan fingerprint density at radius 3 is 2.21 bits per heavy atom. The minimum absolute atomic E-state index is 0.0415. The second-order valence-corrected chi connectivity index (χ2v) is 7.24. The fraction of sp³-hybridized carbons (Fsp3) is 0.292. The number of rotatable bonds is 8. The molecular weight excluding hydrogens is 364 g/mol. The van der Waals surface area contributed by atoms with Crippen LogP contribution in [0.2, 0.25) is 0 Å². The van der Waals surface area contributed by atoms with Gasteiger partial charge in [0.15, 0.2) is 0 Å². The van der Waals surface area contributed by atoms with Crippen molar-refractivity contribution in [3.8, 4) is 11.5 Å². The third kappa shape index (κ3) is 4.99. The Morgan fingerprint density at radius 2 is 1.62 bits per heavy atom. The van der Waals surface area contributed by atoms with Crippen LogP contribution in [0.1, 0.15) is 35.5 Å². The number of nitrogens with zero attached hydrogens (tertiary/aromatic N) is 2. The fourth-order valence-corrected chi connectivity index (χ4v) is 3.29. The zero-order valence-corrected chi connectivity index (χ0v) is 17.5. The van der Waals surface area contributed by atoms with Gasteiger partial charge in [-0.05, 0) is 43.7 Å². The van der Waals surface area contributed by atoms with Gasteiger partial charge in [0.1, 0.15) is 11.5 Å². The summed E-state index contributed by atoms with van der Waals surface area (Å²) in [6.45, 7) is 5.35. The third-order valence-electron chi connectivity index (χ3n) is 4.93. The van der Waals surface area contributed by atoms with Crippen LogP contribution in [-0.2, 0) is 13.1 Å². The summed E-state index contributed by atoms with van der Waals surface area (Å²) in [6.07, 6.45) is 2.06. The molecule has 0 atom stereocenters. The molecule has 5 nitrogen and oxygen atoms in total. The van der Waals surface area contributed by atoms with Crippen LogP contribution in [0.25, 0.3) is 0 Å². The number of amides is 1. The van der Waals surface area contributed by atoms with Crippen molar-refractivity contribution in [1.29, 1.82) is 0 Å². The molecule has 0 radical (unpaired) electrons. The van der Waals surface area contributed by atoms with Crippen LogP contribution in [0.15, 0.2) is 66.9 Å². The number of aromatic nitrogens is 1. The predicted octanol–water partition coefficient (Wildman–Crippen LogP) is 4.60. The Balaban J connectivity index is 1.85. The quantitative estimate of drug-likeness (QED) is 0.562. The number of carbonyl (C=O) groups excluding carboxylic acids is 1. The first-order valence-electron chi connectivity index (χ1n) is 9.73. The van der Waals surface area contributed by atoms with E-state index in [1.54, 1.807) is 32.4 Å². The molecule has 0 fully saturated rings. The summed E-state index contributed by atoms with van der Waals surface area (Å²) in [6, 6.07) is 19.7. The molecule has 152 valence electrons. The average molecular weight is 392 g/mol. The van der Waals surface area contributed by atoms with Crippen molar-refractivity contribution < 1.29 is 14.3 Å². The predicted molar refractivity (Wildman–Crippen MR) is 115 cm³/mol. The summed E-state index contributed by atoms with van der Waals surface area (Å²) >= 11 is 0. The summed E-state index contributed by atoms with van der Waals surface area (Å²) in [5, 5.41) is 0. The molecule has 0 unspecified atom stereocenters.